The molecule has 0 amide bonds. The molecule has 0 radical (unpaired) electrons. The molecule has 2 aromatic carbocycles. The molecule has 0 spiro atoms. The monoisotopic (exact) mass is 504 g/mol. The van der Waals surface area contributed by atoms with E-state index in [-0.39, 0.29) is 33.9 Å². The number of halogens is 6. The van der Waals surface area contributed by atoms with E-state index in [1.54, 1.807) is 0 Å². The molecule has 0 aliphatic rings. The molecule has 0 bridgehead atoms. The average Bonchev–Trinajstić information content (AvgIpc) is 3.26. The number of carboxylic acid groups (broad SMARTS) is 1. The van der Waals surface area contributed by atoms with Gasteiger partial charge >= 0.3 is 18.3 Å². The summed E-state index contributed by atoms with van der Waals surface area (Å²) in [6, 6.07) is 10.8. The van der Waals surface area contributed by atoms with Gasteiger partial charge in [-0.25, -0.2) is 14.5 Å². The average molecular weight is 504 g/mol. The zero-order valence-electron chi connectivity index (χ0n) is 17.9. The van der Waals surface area contributed by atoms with Crippen LogP contribution in [0.5, 0.6) is 0 Å². The van der Waals surface area contributed by atoms with Crippen LogP contribution < -0.4 is 0 Å². The van der Waals surface area contributed by atoms with Crippen LogP contribution in [0.3, 0.4) is 0 Å². The predicted octanol–water partition coefficient (Wildman–Crippen LogP) is 6.13. The lowest BCUT2D eigenvalue weighted by atomic mass is 10.1. The highest BCUT2D eigenvalue weighted by Crippen LogP contribution is 2.33. The third-order valence-electron chi connectivity index (χ3n) is 5.05. The summed E-state index contributed by atoms with van der Waals surface area (Å²) in [5.74, 6) is -1.41. The topological polar surface area (TPSA) is 80.9 Å². The first kappa shape index (κ1) is 24.6. The Morgan fingerprint density at radius 2 is 1.28 bits per heavy atom. The standard InChI is InChI=1S/C24H14F6N4O2/c25-23(26,27)17-5-1-15(2-6-17)20-32-21(16-3-7-18(8-4-16)24(28,29)30)34(33-20)13-19(22(35)36)14-9-11-31-12-10-14/h1-13H,(H,35,36)/b19-13+. The minimum absolute atomic E-state index is 0.0218. The number of nitrogens with zero attached hydrogens (tertiary/aromatic N) is 4. The molecule has 0 aliphatic carbocycles. The van der Waals surface area contributed by atoms with Crippen molar-refractivity contribution in [2.75, 3.05) is 0 Å². The number of hydrogen-bond acceptors (Lipinski definition) is 4. The molecule has 0 unspecified atom stereocenters. The van der Waals surface area contributed by atoms with Crippen molar-refractivity contribution in [3.63, 3.8) is 0 Å². The maximum absolute atomic E-state index is 13.0. The SMILES string of the molecule is O=C(O)/C(=C/n1nc(-c2ccc(C(F)(F)F)cc2)nc1-c1ccc(C(F)(F)F)cc1)c1ccncc1. The summed E-state index contributed by atoms with van der Waals surface area (Å²) in [6.45, 7) is 0. The molecular formula is C24H14F6N4O2. The van der Waals surface area contributed by atoms with Gasteiger partial charge in [0.05, 0.1) is 16.7 Å². The van der Waals surface area contributed by atoms with Crippen LogP contribution in [0.4, 0.5) is 26.3 Å². The summed E-state index contributed by atoms with van der Waals surface area (Å²) in [6.07, 6.45) is -5.27. The molecule has 0 saturated carbocycles. The summed E-state index contributed by atoms with van der Waals surface area (Å²) in [7, 11) is 0. The highest BCUT2D eigenvalue weighted by Gasteiger charge is 2.31. The van der Waals surface area contributed by atoms with Crippen molar-refractivity contribution in [1.82, 2.24) is 19.7 Å². The number of hydrogen-bond donors (Lipinski definition) is 1. The van der Waals surface area contributed by atoms with Gasteiger partial charge in [0, 0.05) is 29.7 Å². The van der Waals surface area contributed by atoms with Gasteiger partial charge < -0.3 is 5.11 Å². The number of benzene rings is 2. The Kier molecular flexibility index (Phi) is 6.35. The fraction of sp³-hybridized carbons (Fsp3) is 0.0833. The van der Waals surface area contributed by atoms with Gasteiger partial charge in [0.2, 0.25) is 0 Å². The van der Waals surface area contributed by atoms with Gasteiger partial charge in [-0.3, -0.25) is 4.98 Å². The second-order valence-corrected chi connectivity index (χ2v) is 7.44. The number of carboxylic acids is 1. The van der Waals surface area contributed by atoms with Crippen LogP contribution in [0.2, 0.25) is 0 Å². The zero-order valence-corrected chi connectivity index (χ0v) is 17.9. The zero-order chi connectivity index (χ0) is 26.1. The molecule has 0 saturated heterocycles. The van der Waals surface area contributed by atoms with Crippen molar-refractivity contribution in [3.8, 4) is 22.8 Å². The lowest BCUT2D eigenvalue weighted by Crippen LogP contribution is -2.05. The molecule has 0 fully saturated rings. The minimum Gasteiger partial charge on any atom is -0.478 e. The van der Waals surface area contributed by atoms with Crippen LogP contribution in [0.25, 0.3) is 34.5 Å². The quantitative estimate of drug-likeness (QED) is 0.261. The Balaban J connectivity index is 1.86. The molecule has 36 heavy (non-hydrogen) atoms. The first-order valence-corrected chi connectivity index (χ1v) is 10.1. The Labute approximate surface area is 199 Å². The van der Waals surface area contributed by atoms with E-state index in [0.29, 0.717) is 0 Å². The molecule has 2 aromatic heterocycles. The van der Waals surface area contributed by atoms with Crippen molar-refractivity contribution in [3.05, 3.63) is 89.7 Å². The molecule has 184 valence electrons. The fourth-order valence-electron chi connectivity index (χ4n) is 3.26. The van der Waals surface area contributed by atoms with Gasteiger partial charge in [0.1, 0.15) is 0 Å². The molecule has 1 N–H and O–H groups in total. The van der Waals surface area contributed by atoms with E-state index in [2.05, 4.69) is 15.1 Å². The van der Waals surface area contributed by atoms with E-state index < -0.39 is 29.4 Å². The van der Waals surface area contributed by atoms with Gasteiger partial charge in [-0.15, -0.1) is 5.10 Å². The van der Waals surface area contributed by atoms with Crippen LogP contribution in [0.15, 0.2) is 73.1 Å². The summed E-state index contributed by atoms with van der Waals surface area (Å²) < 4.78 is 78.8. The third kappa shape index (κ3) is 5.27. The Morgan fingerprint density at radius 1 is 0.778 bits per heavy atom. The van der Waals surface area contributed by atoms with Gasteiger partial charge in [0.15, 0.2) is 11.6 Å². The number of carbonyl (C=O) groups is 1. The Bertz CT molecular complexity index is 1410. The second kappa shape index (κ2) is 9.29. The minimum atomic E-state index is -4.57. The molecule has 0 aliphatic heterocycles. The highest BCUT2D eigenvalue weighted by atomic mass is 19.4. The number of alkyl halides is 6. The largest absolute Gasteiger partial charge is 0.478 e. The van der Waals surface area contributed by atoms with E-state index in [1.165, 1.54) is 24.5 Å². The first-order chi connectivity index (χ1) is 16.9. The van der Waals surface area contributed by atoms with Gasteiger partial charge in [-0.1, -0.05) is 24.3 Å². The summed E-state index contributed by atoms with van der Waals surface area (Å²) in [5.41, 5.74) is -1.40. The molecule has 4 aromatic rings. The predicted molar refractivity (Wildman–Crippen MR) is 117 cm³/mol. The van der Waals surface area contributed by atoms with E-state index in [0.717, 1.165) is 59.4 Å². The van der Waals surface area contributed by atoms with Crippen LogP contribution in [0, 0.1) is 0 Å². The molecule has 4 rings (SSSR count). The van der Waals surface area contributed by atoms with E-state index in [9.17, 15) is 36.2 Å². The lowest BCUT2D eigenvalue weighted by Gasteiger charge is -2.08. The van der Waals surface area contributed by atoms with E-state index in [1.807, 2.05) is 0 Å². The molecule has 6 nitrogen and oxygen atoms in total. The summed E-state index contributed by atoms with van der Waals surface area (Å²) >= 11 is 0. The maximum Gasteiger partial charge on any atom is 0.416 e. The number of aromatic nitrogens is 4. The summed E-state index contributed by atoms with van der Waals surface area (Å²) in [4.78, 5) is 20.0. The third-order valence-corrected chi connectivity index (χ3v) is 5.05. The van der Waals surface area contributed by atoms with Crippen molar-refractivity contribution >= 4 is 17.7 Å². The fourth-order valence-corrected chi connectivity index (χ4v) is 3.26. The molecular weight excluding hydrogens is 490 g/mol. The Hall–Kier alpha value is -4.48. The van der Waals surface area contributed by atoms with Crippen LogP contribution in [0.1, 0.15) is 16.7 Å². The summed E-state index contributed by atoms with van der Waals surface area (Å²) in [5, 5.41) is 13.9. The smallest absolute Gasteiger partial charge is 0.416 e. The van der Waals surface area contributed by atoms with Crippen LogP contribution >= 0.6 is 0 Å². The van der Waals surface area contributed by atoms with Gasteiger partial charge in [-0.05, 0) is 42.0 Å². The highest BCUT2D eigenvalue weighted by molar-refractivity contribution is 6.19. The van der Waals surface area contributed by atoms with E-state index in [4.69, 9.17) is 0 Å². The van der Waals surface area contributed by atoms with Crippen molar-refractivity contribution in [2.24, 2.45) is 0 Å². The number of rotatable bonds is 5. The van der Waals surface area contributed by atoms with Crippen molar-refractivity contribution in [2.45, 2.75) is 12.4 Å². The van der Waals surface area contributed by atoms with Crippen LogP contribution in [-0.4, -0.2) is 30.8 Å². The molecule has 12 heteroatoms. The normalized spacial score (nSPS) is 12.6. The lowest BCUT2D eigenvalue weighted by molar-refractivity contribution is -0.138. The number of pyridine rings is 1. The number of aliphatic carboxylic acids is 1. The van der Waals surface area contributed by atoms with Crippen LogP contribution in [-0.2, 0) is 17.1 Å². The Morgan fingerprint density at radius 3 is 1.75 bits per heavy atom. The van der Waals surface area contributed by atoms with Crippen molar-refractivity contribution in [1.29, 1.82) is 0 Å². The molecule has 0 atom stereocenters. The molecule has 2 heterocycles. The van der Waals surface area contributed by atoms with Crippen molar-refractivity contribution < 1.29 is 36.2 Å². The van der Waals surface area contributed by atoms with E-state index >= 15 is 0 Å². The second-order valence-electron chi connectivity index (χ2n) is 7.44. The van der Waals surface area contributed by atoms with Gasteiger partial charge in [-0.2, -0.15) is 26.3 Å². The van der Waals surface area contributed by atoms with Gasteiger partial charge in [0.25, 0.3) is 0 Å². The maximum atomic E-state index is 13.0. The first-order valence-electron chi connectivity index (χ1n) is 10.1.